The number of nitrogens with one attached hydrogen (secondary N) is 1. The Balaban J connectivity index is 2.76. The standard InChI is InChI=1S/C14H23NO2/c1-5-15-11(4)14(16)12-7-6-8-13(9-12)17-10(2)3/h6-11,14-16H,5H2,1-4H3. The Kier molecular flexibility index (Phi) is 5.45. The van der Waals surface area contributed by atoms with Gasteiger partial charge in [0.1, 0.15) is 5.75 Å². The van der Waals surface area contributed by atoms with Gasteiger partial charge < -0.3 is 15.2 Å². The van der Waals surface area contributed by atoms with E-state index in [0.717, 1.165) is 17.9 Å². The Hall–Kier alpha value is -1.06. The molecule has 96 valence electrons. The number of aliphatic hydroxyl groups excluding tert-OH is 1. The molecule has 3 heteroatoms. The lowest BCUT2D eigenvalue weighted by Gasteiger charge is -2.20. The molecule has 0 bridgehead atoms. The molecule has 0 saturated heterocycles. The first-order chi connectivity index (χ1) is 8.04. The van der Waals surface area contributed by atoms with E-state index in [2.05, 4.69) is 5.32 Å². The van der Waals surface area contributed by atoms with Crippen molar-refractivity contribution >= 4 is 0 Å². The molecule has 2 atom stereocenters. The molecule has 0 spiro atoms. The van der Waals surface area contributed by atoms with Gasteiger partial charge in [-0.3, -0.25) is 0 Å². The molecule has 0 fully saturated rings. The monoisotopic (exact) mass is 237 g/mol. The number of benzene rings is 1. The molecule has 0 aliphatic heterocycles. The average Bonchev–Trinajstić information content (AvgIpc) is 2.28. The minimum Gasteiger partial charge on any atom is -0.491 e. The second kappa shape index (κ2) is 6.62. The van der Waals surface area contributed by atoms with Gasteiger partial charge in [-0.15, -0.1) is 0 Å². The van der Waals surface area contributed by atoms with Crippen molar-refractivity contribution in [3.05, 3.63) is 29.8 Å². The maximum atomic E-state index is 10.2. The van der Waals surface area contributed by atoms with Crippen LogP contribution in [0.5, 0.6) is 5.75 Å². The highest BCUT2D eigenvalue weighted by molar-refractivity contribution is 5.30. The summed E-state index contributed by atoms with van der Waals surface area (Å²) in [5.74, 6) is 0.806. The third-order valence-corrected chi connectivity index (χ3v) is 2.57. The fourth-order valence-electron chi connectivity index (χ4n) is 1.77. The zero-order valence-corrected chi connectivity index (χ0v) is 11.1. The van der Waals surface area contributed by atoms with Crippen LogP contribution in [0.15, 0.2) is 24.3 Å². The molecule has 0 aliphatic rings. The molecule has 0 aliphatic carbocycles. The predicted molar refractivity (Wildman–Crippen MR) is 70.3 cm³/mol. The SMILES string of the molecule is CCNC(C)C(O)c1cccc(OC(C)C)c1. The number of rotatable bonds is 6. The molecule has 0 radical (unpaired) electrons. The lowest BCUT2D eigenvalue weighted by atomic mass is 10.0. The van der Waals surface area contributed by atoms with Crippen LogP contribution < -0.4 is 10.1 Å². The first-order valence-electron chi connectivity index (χ1n) is 6.22. The number of hydrogen-bond acceptors (Lipinski definition) is 3. The maximum Gasteiger partial charge on any atom is 0.120 e. The smallest absolute Gasteiger partial charge is 0.120 e. The van der Waals surface area contributed by atoms with Gasteiger partial charge in [0.2, 0.25) is 0 Å². The van der Waals surface area contributed by atoms with Crippen molar-refractivity contribution in [1.29, 1.82) is 0 Å². The van der Waals surface area contributed by atoms with Crippen LogP contribution in [0, 0.1) is 0 Å². The largest absolute Gasteiger partial charge is 0.491 e. The van der Waals surface area contributed by atoms with Crippen molar-refractivity contribution in [3.8, 4) is 5.75 Å². The quantitative estimate of drug-likeness (QED) is 0.798. The van der Waals surface area contributed by atoms with Gasteiger partial charge in [-0.25, -0.2) is 0 Å². The minimum atomic E-state index is -0.509. The second-order valence-corrected chi connectivity index (χ2v) is 4.53. The summed E-state index contributed by atoms with van der Waals surface area (Å²) >= 11 is 0. The Morgan fingerprint density at radius 2 is 2.00 bits per heavy atom. The summed E-state index contributed by atoms with van der Waals surface area (Å²) in [4.78, 5) is 0. The predicted octanol–water partition coefficient (Wildman–Crippen LogP) is 2.51. The third kappa shape index (κ3) is 4.36. The van der Waals surface area contributed by atoms with E-state index in [1.54, 1.807) is 0 Å². The molecular formula is C14H23NO2. The van der Waals surface area contributed by atoms with E-state index in [9.17, 15) is 5.11 Å². The van der Waals surface area contributed by atoms with Crippen LogP contribution in [0.4, 0.5) is 0 Å². The molecule has 0 heterocycles. The fourth-order valence-corrected chi connectivity index (χ4v) is 1.77. The highest BCUT2D eigenvalue weighted by atomic mass is 16.5. The summed E-state index contributed by atoms with van der Waals surface area (Å²) in [5.41, 5.74) is 0.886. The highest BCUT2D eigenvalue weighted by Gasteiger charge is 2.15. The molecule has 1 aromatic carbocycles. The summed E-state index contributed by atoms with van der Waals surface area (Å²) in [7, 11) is 0. The first kappa shape index (κ1) is 14.0. The number of hydrogen-bond donors (Lipinski definition) is 2. The summed E-state index contributed by atoms with van der Waals surface area (Å²) in [6.07, 6.45) is -0.362. The first-order valence-corrected chi connectivity index (χ1v) is 6.22. The van der Waals surface area contributed by atoms with Gasteiger partial charge in [0.05, 0.1) is 12.2 Å². The van der Waals surface area contributed by atoms with E-state index >= 15 is 0 Å². The summed E-state index contributed by atoms with van der Waals surface area (Å²) in [6, 6.07) is 7.68. The minimum absolute atomic E-state index is 0.0364. The zero-order valence-electron chi connectivity index (χ0n) is 11.1. The fraction of sp³-hybridized carbons (Fsp3) is 0.571. The Labute approximate surface area is 104 Å². The van der Waals surface area contributed by atoms with Crippen molar-refractivity contribution in [2.75, 3.05) is 6.54 Å². The molecule has 17 heavy (non-hydrogen) atoms. The topological polar surface area (TPSA) is 41.5 Å². The normalized spacial score (nSPS) is 14.7. The third-order valence-electron chi connectivity index (χ3n) is 2.57. The Bertz CT molecular complexity index is 339. The van der Waals surface area contributed by atoms with Crippen LogP contribution in [0.25, 0.3) is 0 Å². The molecule has 2 unspecified atom stereocenters. The molecule has 3 nitrogen and oxygen atoms in total. The van der Waals surface area contributed by atoms with Crippen LogP contribution in [0.2, 0.25) is 0 Å². The molecule has 0 aromatic heterocycles. The van der Waals surface area contributed by atoms with Crippen LogP contribution in [0.1, 0.15) is 39.4 Å². The Morgan fingerprint density at radius 1 is 1.29 bits per heavy atom. The van der Waals surface area contributed by atoms with Gasteiger partial charge in [0, 0.05) is 6.04 Å². The maximum absolute atomic E-state index is 10.2. The van der Waals surface area contributed by atoms with E-state index in [1.807, 2.05) is 52.0 Å². The van der Waals surface area contributed by atoms with Crippen molar-refractivity contribution in [1.82, 2.24) is 5.32 Å². The van der Waals surface area contributed by atoms with Crippen LogP contribution >= 0.6 is 0 Å². The average molecular weight is 237 g/mol. The summed E-state index contributed by atoms with van der Waals surface area (Å²) < 4.78 is 5.61. The van der Waals surface area contributed by atoms with E-state index in [-0.39, 0.29) is 12.1 Å². The summed E-state index contributed by atoms with van der Waals surface area (Å²) in [6.45, 7) is 8.83. The van der Waals surface area contributed by atoms with Crippen molar-refractivity contribution in [2.45, 2.75) is 45.9 Å². The van der Waals surface area contributed by atoms with Crippen LogP contribution in [-0.4, -0.2) is 23.8 Å². The second-order valence-electron chi connectivity index (χ2n) is 4.53. The van der Waals surface area contributed by atoms with Gasteiger partial charge in [0.25, 0.3) is 0 Å². The van der Waals surface area contributed by atoms with Crippen molar-refractivity contribution < 1.29 is 9.84 Å². The van der Waals surface area contributed by atoms with E-state index < -0.39 is 6.10 Å². The van der Waals surface area contributed by atoms with Crippen LogP contribution in [0.3, 0.4) is 0 Å². The number of likely N-dealkylation sites (N-methyl/N-ethyl adjacent to an activating group) is 1. The van der Waals surface area contributed by atoms with Gasteiger partial charge in [-0.2, -0.15) is 0 Å². The van der Waals surface area contributed by atoms with Gasteiger partial charge in [0.15, 0.2) is 0 Å². The van der Waals surface area contributed by atoms with E-state index in [4.69, 9.17) is 4.74 Å². The van der Waals surface area contributed by atoms with Gasteiger partial charge in [-0.1, -0.05) is 19.1 Å². The zero-order chi connectivity index (χ0) is 12.8. The lowest BCUT2D eigenvalue weighted by Crippen LogP contribution is -2.31. The molecule has 0 amide bonds. The molecule has 1 aromatic rings. The van der Waals surface area contributed by atoms with Crippen LogP contribution in [-0.2, 0) is 0 Å². The van der Waals surface area contributed by atoms with Crippen molar-refractivity contribution in [2.24, 2.45) is 0 Å². The van der Waals surface area contributed by atoms with Gasteiger partial charge >= 0.3 is 0 Å². The molecule has 0 saturated carbocycles. The molecular weight excluding hydrogens is 214 g/mol. The highest BCUT2D eigenvalue weighted by Crippen LogP contribution is 2.22. The lowest BCUT2D eigenvalue weighted by molar-refractivity contribution is 0.136. The number of ether oxygens (including phenoxy) is 1. The Morgan fingerprint density at radius 3 is 2.59 bits per heavy atom. The molecule has 1 rings (SSSR count). The van der Waals surface area contributed by atoms with E-state index in [0.29, 0.717) is 0 Å². The van der Waals surface area contributed by atoms with E-state index in [1.165, 1.54) is 0 Å². The molecule has 2 N–H and O–H groups in total. The van der Waals surface area contributed by atoms with Crippen molar-refractivity contribution in [3.63, 3.8) is 0 Å². The van der Waals surface area contributed by atoms with Gasteiger partial charge in [-0.05, 0) is 45.0 Å². The number of aliphatic hydroxyl groups is 1. The summed E-state index contributed by atoms with van der Waals surface area (Å²) in [5, 5.41) is 13.4.